The third-order valence-electron chi connectivity index (χ3n) is 4.10. The molecule has 0 aromatic heterocycles. The summed E-state index contributed by atoms with van der Waals surface area (Å²) < 4.78 is 12.5. The summed E-state index contributed by atoms with van der Waals surface area (Å²) in [6.45, 7) is 1.85. The van der Waals surface area contributed by atoms with E-state index in [4.69, 9.17) is 14.6 Å². The summed E-state index contributed by atoms with van der Waals surface area (Å²) in [5.74, 6) is -0.764. The van der Waals surface area contributed by atoms with Crippen molar-refractivity contribution < 1.29 is 29.0 Å². The first kappa shape index (κ1) is 23.6. The fraction of sp³-hybridized carbons (Fsp3) is 0.190. The molecule has 0 saturated carbocycles. The second-order valence-electron chi connectivity index (χ2n) is 6.34. The number of halogens is 2. The van der Waals surface area contributed by atoms with Crippen LogP contribution in [0, 0.1) is 3.57 Å². The highest BCUT2D eigenvalue weighted by Gasteiger charge is 2.35. The number of carboxylic acids is 1. The number of thioether (sulfide) groups is 1. The molecule has 2 amide bonds. The maximum absolute atomic E-state index is 12.8. The highest BCUT2D eigenvalue weighted by molar-refractivity contribution is 14.1. The van der Waals surface area contributed by atoms with Gasteiger partial charge in [0.2, 0.25) is 0 Å². The summed E-state index contributed by atoms with van der Waals surface area (Å²) in [5.41, 5.74) is 1.49. The summed E-state index contributed by atoms with van der Waals surface area (Å²) in [5, 5.41) is 8.54. The Morgan fingerprint density at radius 1 is 1.23 bits per heavy atom. The van der Waals surface area contributed by atoms with Crippen LogP contribution in [0.4, 0.5) is 4.79 Å². The Bertz CT molecular complexity index is 1060. The lowest BCUT2D eigenvalue weighted by Crippen LogP contribution is -2.27. The Morgan fingerprint density at radius 2 is 1.94 bits per heavy atom. The molecule has 0 aliphatic carbocycles. The van der Waals surface area contributed by atoms with Crippen molar-refractivity contribution in [2.75, 3.05) is 13.2 Å². The second-order valence-corrected chi connectivity index (χ2v) is 9.41. The Morgan fingerprint density at radius 3 is 2.58 bits per heavy atom. The molecule has 1 heterocycles. The van der Waals surface area contributed by atoms with E-state index in [1.165, 1.54) is 4.90 Å². The minimum Gasteiger partial charge on any atom is -0.490 e. The average molecular weight is 618 g/mol. The highest BCUT2D eigenvalue weighted by Crippen LogP contribution is 2.38. The van der Waals surface area contributed by atoms with Crippen molar-refractivity contribution in [2.24, 2.45) is 0 Å². The van der Waals surface area contributed by atoms with Gasteiger partial charge in [0.1, 0.15) is 0 Å². The summed E-state index contributed by atoms with van der Waals surface area (Å²) in [6, 6.07) is 10.8. The first-order valence-corrected chi connectivity index (χ1v) is 11.8. The predicted octanol–water partition coefficient (Wildman–Crippen LogP) is 5.15. The van der Waals surface area contributed by atoms with E-state index in [0.29, 0.717) is 32.1 Å². The number of nitrogens with zero attached hydrogens (tertiary/aromatic N) is 1. The molecule has 31 heavy (non-hydrogen) atoms. The monoisotopic (exact) mass is 617 g/mol. The maximum atomic E-state index is 12.8. The van der Waals surface area contributed by atoms with Crippen molar-refractivity contribution in [1.82, 2.24) is 4.90 Å². The molecule has 0 atom stereocenters. The van der Waals surface area contributed by atoms with Crippen LogP contribution >= 0.6 is 50.3 Å². The smallest absolute Gasteiger partial charge is 0.341 e. The van der Waals surface area contributed by atoms with E-state index in [1.54, 1.807) is 25.1 Å². The Balaban J connectivity index is 1.85. The van der Waals surface area contributed by atoms with Crippen LogP contribution in [0.15, 0.2) is 45.8 Å². The van der Waals surface area contributed by atoms with Crippen LogP contribution in [-0.4, -0.2) is 40.3 Å². The maximum Gasteiger partial charge on any atom is 0.341 e. The van der Waals surface area contributed by atoms with E-state index in [-0.39, 0.29) is 17.7 Å². The second kappa shape index (κ2) is 10.5. The van der Waals surface area contributed by atoms with Crippen LogP contribution in [0.3, 0.4) is 0 Å². The van der Waals surface area contributed by atoms with Gasteiger partial charge >= 0.3 is 5.97 Å². The molecule has 7 nitrogen and oxygen atoms in total. The number of hydrogen-bond donors (Lipinski definition) is 1. The van der Waals surface area contributed by atoms with E-state index in [0.717, 1.165) is 21.8 Å². The number of carboxylic acid groups (broad SMARTS) is 1. The van der Waals surface area contributed by atoms with Crippen LogP contribution in [0.1, 0.15) is 18.1 Å². The van der Waals surface area contributed by atoms with Crippen molar-refractivity contribution in [3.63, 3.8) is 0 Å². The number of carbonyl (C=O) groups is 3. The lowest BCUT2D eigenvalue weighted by atomic mass is 10.1. The standard InChI is InChI=1S/C21H17BrINO6S/c1-2-29-16-8-13(7-15(23)19(16)30-11-18(25)26)9-17-20(27)24(21(28)31-17)10-12-3-5-14(22)6-4-12/h3-9H,2,10-11H2,1H3,(H,25,26)/b17-9-. The van der Waals surface area contributed by atoms with E-state index in [9.17, 15) is 14.4 Å². The highest BCUT2D eigenvalue weighted by atomic mass is 127. The zero-order valence-electron chi connectivity index (χ0n) is 16.3. The van der Waals surface area contributed by atoms with Gasteiger partial charge in [-0.25, -0.2) is 4.79 Å². The van der Waals surface area contributed by atoms with Crippen molar-refractivity contribution in [1.29, 1.82) is 0 Å². The number of ether oxygens (including phenoxy) is 2. The van der Waals surface area contributed by atoms with Gasteiger partial charge in [-0.3, -0.25) is 14.5 Å². The van der Waals surface area contributed by atoms with Gasteiger partial charge in [0.15, 0.2) is 18.1 Å². The molecule has 1 fully saturated rings. The minimum absolute atomic E-state index is 0.193. The molecule has 2 aromatic carbocycles. The molecule has 1 saturated heterocycles. The van der Waals surface area contributed by atoms with Crippen LogP contribution in [0.25, 0.3) is 6.08 Å². The van der Waals surface area contributed by atoms with Gasteiger partial charge in [0, 0.05) is 4.47 Å². The fourth-order valence-electron chi connectivity index (χ4n) is 2.77. The molecule has 1 N–H and O–H groups in total. The fourth-order valence-corrected chi connectivity index (χ4v) is 4.65. The zero-order chi connectivity index (χ0) is 22.5. The van der Waals surface area contributed by atoms with Gasteiger partial charge < -0.3 is 14.6 Å². The van der Waals surface area contributed by atoms with E-state index < -0.39 is 12.6 Å². The topological polar surface area (TPSA) is 93.1 Å². The van der Waals surface area contributed by atoms with E-state index in [1.807, 2.05) is 46.9 Å². The van der Waals surface area contributed by atoms with Gasteiger partial charge in [0.25, 0.3) is 11.1 Å². The minimum atomic E-state index is -1.10. The van der Waals surface area contributed by atoms with Gasteiger partial charge in [-0.15, -0.1) is 0 Å². The van der Waals surface area contributed by atoms with E-state index in [2.05, 4.69) is 15.9 Å². The molecule has 10 heteroatoms. The quantitative estimate of drug-likeness (QED) is 0.323. The number of imide groups is 1. The molecule has 1 aliphatic heterocycles. The van der Waals surface area contributed by atoms with Crippen LogP contribution < -0.4 is 9.47 Å². The van der Waals surface area contributed by atoms with Crippen molar-refractivity contribution in [2.45, 2.75) is 13.5 Å². The third kappa shape index (κ3) is 6.01. The molecule has 0 unspecified atom stereocenters. The number of aliphatic carboxylic acids is 1. The molecule has 0 spiro atoms. The van der Waals surface area contributed by atoms with Crippen LogP contribution in [-0.2, 0) is 16.1 Å². The molecular formula is C21H17BrINO6S. The number of carbonyl (C=O) groups excluding carboxylic acids is 2. The summed E-state index contributed by atoms with van der Waals surface area (Å²) in [7, 11) is 0. The van der Waals surface area contributed by atoms with Crippen LogP contribution in [0.5, 0.6) is 11.5 Å². The molecule has 0 bridgehead atoms. The normalized spacial score (nSPS) is 14.9. The number of amides is 2. The summed E-state index contributed by atoms with van der Waals surface area (Å²) in [6.07, 6.45) is 1.62. The SMILES string of the molecule is CCOc1cc(/C=C2\SC(=O)N(Cc3ccc(Br)cc3)C2=O)cc(I)c1OCC(=O)O. The molecule has 3 rings (SSSR count). The van der Waals surface area contributed by atoms with Crippen LogP contribution in [0.2, 0.25) is 0 Å². The van der Waals surface area contributed by atoms with Crippen molar-refractivity contribution >= 4 is 73.5 Å². The third-order valence-corrected chi connectivity index (χ3v) is 6.33. The lowest BCUT2D eigenvalue weighted by molar-refractivity contribution is -0.139. The zero-order valence-corrected chi connectivity index (χ0v) is 20.8. The van der Waals surface area contributed by atoms with Crippen molar-refractivity contribution in [3.05, 3.63) is 60.5 Å². The first-order chi connectivity index (χ1) is 14.8. The van der Waals surface area contributed by atoms with Gasteiger partial charge in [-0.1, -0.05) is 28.1 Å². The predicted molar refractivity (Wildman–Crippen MR) is 129 cm³/mol. The number of hydrogen-bond acceptors (Lipinski definition) is 6. The molecule has 0 radical (unpaired) electrons. The average Bonchev–Trinajstić information content (AvgIpc) is 2.96. The lowest BCUT2D eigenvalue weighted by Gasteiger charge is -2.14. The van der Waals surface area contributed by atoms with Gasteiger partial charge in [-0.2, -0.15) is 0 Å². The molecule has 1 aliphatic rings. The van der Waals surface area contributed by atoms with Gasteiger partial charge in [-0.05, 0) is 82.7 Å². The number of benzene rings is 2. The Hall–Kier alpha value is -2.05. The first-order valence-electron chi connectivity index (χ1n) is 9.09. The Kier molecular flexibility index (Phi) is 8.00. The van der Waals surface area contributed by atoms with Crippen molar-refractivity contribution in [3.8, 4) is 11.5 Å². The largest absolute Gasteiger partial charge is 0.490 e. The van der Waals surface area contributed by atoms with Gasteiger partial charge in [0.05, 0.1) is 21.6 Å². The summed E-state index contributed by atoms with van der Waals surface area (Å²) in [4.78, 5) is 37.6. The van der Waals surface area contributed by atoms with E-state index >= 15 is 0 Å². The number of rotatable bonds is 8. The summed E-state index contributed by atoms with van der Waals surface area (Å²) >= 11 is 6.26. The molecule has 162 valence electrons. The molecule has 2 aromatic rings. The molecular weight excluding hydrogens is 601 g/mol. The Labute approximate surface area is 205 Å².